The van der Waals surface area contributed by atoms with Crippen LogP contribution in [0, 0.1) is 0 Å². The van der Waals surface area contributed by atoms with Gasteiger partial charge in [0.25, 0.3) is 5.91 Å². The SMILES string of the molecule is CCC[C@H](C)NC(=O)c1ccccc1OCc1ccccc1. The van der Waals surface area contributed by atoms with Crippen molar-refractivity contribution in [1.82, 2.24) is 5.32 Å². The molecule has 0 spiro atoms. The van der Waals surface area contributed by atoms with Gasteiger partial charge < -0.3 is 10.1 Å². The summed E-state index contributed by atoms with van der Waals surface area (Å²) < 4.78 is 5.83. The van der Waals surface area contributed by atoms with Crippen molar-refractivity contribution in [1.29, 1.82) is 0 Å². The molecule has 1 amide bonds. The third-order valence-electron chi connectivity index (χ3n) is 3.47. The Hall–Kier alpha value is -2.29. The highest BCUT2D eigenvalue weighted by Gasteiger charge is 2.14. The zero-order valence-corrected chi connectivity index (χ0v) is 13.2. The second-order valence-electron chi connectivity index (χ2n) is 5.43. The van der Waals surface area contributed by atoms with Crippen molar-refractivity contribution in [2.75, 3.05) is 0 Å². The number of carbonyl (C=O) groups excluding carboxylic acids is 1. The minimum absolute atomic E-state index is 0.0791. The predicted octanol–water partition coefficient (Wildman–Crippen LogP) is 4.18. The summed E-state index contributed by atoms with van der Waals surface area (Å²) in [6.07, 6.45) is 2.02. The van der Waals surface area contributed by atoms with Crippen LogP contribution < -0.4 is 10.1 Å². The molecule has 3 heteroatoms. The number of benzene rings is 2. The van der Waals surface area contributed by atoms with Gasteiger partial charge in [0.15, 0.2) is 0 Å². The van der Waals surface area contributed by atoms with Gasteiger partial charge in [-0.3, -0.25) is 4.79 Å². The molecule has 3 nitrogen and oxygen atoms in total. The van der Waals surface area contributed by atoms with Gasteiger partial charge in [0.1, 0.15) is 12.4 Å². The number of para-hydroxylation sites is 1. The van der Waals surface area contributed by atoms with E-state index in [-0.39, 0.29) is 11.9 Å². The molecule has 1 atom stereocenters. The smallest absolute Gasteiger partial charge is 0.255 e. The van der Waals surface area contributed by atoms with Crippen molar-refractivity contribution in [3.05, 3.63) is 65.7 Å². The van der Waals surface area contributed by atoms with Gasteiger partial charge in [0.2, 0.25) is 0 Å². The van der Waals surface area contributed by atoms with Crippen molar-refractivity contribution in [2.45, 2.75) is 39.3 Å². The predicted molar refractivity (Wildman–Crippen MR) is 89.1 cm³/mol. The summed E-state index contributed by atoms with van der Waals surface area (Å²) in [7, 11) is 0. The van der Waals surface area contributed by atoms with Gasteiger partial charge in [0.05, 0.1) is 5.56 Å². The van der Waals surface area contributed by atoms with E-state index in [1.165, 1.54) is 0 Å². The van der Waals surface area contributed by atoms with Gasteiger partial charge in [-0.2, -0.15) is 0 Å². The number of hydrogen-bond acceptors (Lipinski definition) is 2. The molecular formula is C19H23NO2. The standard InChI is InChI=1S/C19H23NO2/c1-3-9-15(2)20-19(21)17-12-7-8-13-18(17)22-14-16-10-5-4-6-11-16/h4-8,10-13,15H,3,9,14H2,1-2H3,(H,20,21)/t15-/m0/s1. The van der Waals surface area contributed by atoms with E-state index in [0.717, 1.165) is 18.4 Å². The molecule has 22 heavy (non-hydrogen) atoms. The average molecular weight is 297 g/mol. The van der Waals surface area contributed by atoms with Crippen LogP contribution in [-0.4, -0.2) is 11.9 Å². The van der Waals surface area contributed by atoms with E-state index in [4.69, 9.17) is 4.74 Å². The Labute approximate surface area is 132 Å². The van der Waals surface area contributed by atoms with Crippen LogP contribution in [0.2, 0.25) is 0 Å². The molecule has 2 rings (SSSR count). The molecule has 2 aromatic carbocycles. The minimum atomic E-state index is -0.0791. The summed E-state index contributed by atoms with van der Waals surface area (Å²) in [5.41, 5.74) is 1.67. The summed E-state index contributed by atoms with van der Waals surface area (Å²) in [4.78, 5) is 12.4. The van der Waals surface area contributed by atoms with Crippen LogP contribution in [0.1, 0.15) is 42.6 Å². The molecule has 116 valence electrons. The topological polar surface area (TPSA) is 38.3 Å². The molecule has 1 N–H and O–H groups in total. The molecule has 0 aliphatic heterocycles. The second-order valence-corrected chi connectivity index (χ2v) is 5.43. The fourth-order valence-corrected chi connectivity index (χ4v) is 2.32. The Bertz CT molecular complexity index is 595. The van der Waals surface area contributed by atoms with Crippen LogP contribution in [-0.2, 0) is 6.61 Å². The van der Waals surface area contributed by atoms with Gasteiger partial charge in [-0.25, -0.2) is 0 Å². The van der Waals surface area contributed by atoms with Crippen molar-refractivity contribution in [3.63, 3.8) is 0 Å². The van der Waals surface area contributed by atoms with Crippen molar-refractivity contribution < 1.29 is 9.53 Å². The Kier molecular flexibility index (Phi) is 6.01. The van der Waals surface area contributed by atoms with Crippen LogP contribution in [0.25, 0.3) is 0 Å². The van der Waals surface area contributed by atoms with Crippen LogP contribution in [0.3, 0.4) is 0 Å². The van der Waals surface area contributed by atoms with E-state index in [0.29, 0.717) is 17.9 Å². The van der Waals surface area contributed by atoms with Gasteiger partial charge in [0, 0.05) is 6.04 Å². The fraction of sp³-hybridized carbons (Fsp3) is 0.316. The number of hydrogen-bond donors (Lipinski definition) is 1. The van der Waals surface area contributed by atoms with E-state index in [2.05, 4.69) is 12.2 Å². The maximum absolute atomic E-state index is 12.4. The zero-order chi connectivity index (χ0) is 15.8. The van der Waals surface area contributed by atoms with Crippen LogP contribution in [0.4, 0.5) is 0 Å². The Balaban J connectivity index is 2.04. The van der Waals surface area contributed by atoms with Gasteiger partial charge in [-0.15, -0.1) is 0 Å². The molecule has 0 aromatic heterocycles. The molecule has 0 saturated carbocycles. The molecule has 0 radical (unpaired) electrons. The molecule has 0 heterocycles. The summed E-state index contributed by atoms with van der Waals surface area (Å²) in [6, 6.07) is 17.5. The summed E-state index contributed by atoms with van der Waals surface area (Å²) >= 11 is 0. The van der Waals surface area contributed by atoms with Crippen LogP contribution in [0.15, 0.2) is 54.6 Å². The maximum Gasteiger partial charge on any atom is 0.255 e. The monoisotopic (exact) mass is 297 g/mol. The van der Waals surface area contributed by atoms with E-state index >= 15 is 0 Å². The van der Waals surface area contributed by atoms with Gasteiger partial charge in [-0.05, 0) is 31.0 Å². The number of carbonyl (C=O) groups is 1. The molecule has 0 unspecified atom stereocenters. The summed E-state index contributed by atoms with van der Waals surface area (Å²) in [5.74, 6) is 0.539. The third kappa shape index (κ3) is 4.62. The lowest BCUT2D eigenvalue weighted by Crippen LogP contribution is -2.32. The first kappa shape index (κ1) is 16.1. The number of nitrogens with one attached hydrogen (secondary N) is 1. The molecule has 0 fully saturated rings. The first-order valence-electron chi connectivity index (χ1n) is 7.77. The lowest BCUT2D eigenvalue weighted by atomic mass is 10.1. The molecule has 0 bridgehead atoms. The number of amides is 1. The first-order chi connectivity index (χ1) is 10.7. The van der Waals surface area contributed by atoms with Crippen molar-refractivity contribution >= 4 is 5.91 Å². The molecule has 0 aliphatic carbocycles. The Morgan fingerprint density at radius 3 is 2.50 bits per heavy atom. The van der Waals surface area contributed by atoms with Crippen LogP contribution in [0.5, 0.6) is 5.75 Å². The lowest BCUT2D eigenvalue weighted by molar-refractivity contribution is 0.0934. The van der Waals surface area contributed by atoms with Crippen molar-refractivity contribution in [3.8, 4) is 5.75 Å². The quantitative estimate of drug-likeness (QED) is 0.832. The van der Waals surface area contributed by atoms with Gasteiger partial charge in [-0.1, -0.05) is 55.8 Å². The number of ether oxygens (including phenoxy) is 1. The first-order valence-corrected chi connectivity index (χ1v) is 7.77. The Morgan fingerprint density at radius 1 is 1.09 bits per heavy atom. The molecular weight excluding hydrogens is 274 g/mol. The second kappa shape index (κ2) is 8.23. The molecule has 2 aromatic rings. The largest absolute Gasteiger partial charge is 0.488 e. The molecule has 0 aliphatic rings. The van der Waals surface area contributed by atoms with E-state index < -0.39 is 0 Å². The summed E-state index contributed by atoms with van der Waals surface area (Å²) in [6.45, 7) is 4.59. The van der Waals surface area contributed by atoms with E-state index in [1.807, 2.05) is 55.5 Å². The number of rotatable bonds is 7. The van der Waals surface area contributed by atoms with Crippen molar-refractivity contribution in [2.24, 2.45) is 0 Å². The van der Waals surface area contributed by atoms with Crippen LogP contribution >= 0.6 is 0 Å². The van der Waals surface area contributed by atoms with E-state index in [9.17, 15) is 4.79 Å². The highest BCUT2D eigenvalue weighted by Crippen LogP contribution is 2.19. The summed E-state index contributed by atoms with van der Waals surface area (Å²) in [5, 5.41) is 3.02. The molecule has 0 saturated heterocycles. The van der Waals surface area contributed by atoms with E-state index in [1.54, 1.807) is 6.07 Å². The zero-order valence-electron chi connectivity index (χ0n) is 13.2. The highest BCUT2D eigenvalue weighted by atomic mass is 16.5. The minimum Gasteiger partial charge on any atom is -0.488 e. The fourth-order valence-electron chi connectivity index (χ4n) is 2.32. The van der Waals surface area contributed by atoms with Gasteiger partial charge >= 0.3 is 0 Å². The average Bonchev–Trinajstić information content (AvgIpc) is 2.54. The third-order valence-corrected chi connectivity index (χ3v) is 3.47. The maximum atomic E-state index is 12.4. The normalized spacial score (nSPS) is 11.7. The Morgan fingerprint density at radius 2 is 1.77 bits per heavy atom. The lowest BCUT2D eigenvalue weighted by Gasteiger charge is -2.15. The highest BCUT2D eigenvalue weighted by molar-refractivity contribution is 5.97.